The molecule has 0 bridgehead atoms. The molecule has 1 saturated heterocycles. The number of rotatable bonds is 9. The van der Waals surface area contributed by atoms with E-state index in [9.17, 15) is 14.7 Å². The highest BCUT2D eigenvalue weighted by Gasteiger charge is 2.38. The van der Waals surface area contributed by atoms with Crippen LogP contribution in [0, 0.1) is 5.92 Å². The third kappa shape index (κ3) is 5.15. The first kappa shape index (κ1) is 20.9. The molecule has 0 saturated carbocycles. The van der Waals surface area contributed by atoms with E-state index in [-0.39, 0.29) is 31.4 Å². The van der Waals surface area contributed by atoms with Crippen LogP contribution in [0.15, 0.2) is 54.6 Å². The van der Waals surface area contributed by atoms with Gasteiger partial charge in [0.05, 0.1) is 24.8 Å². The van der Waals surface area contributed by atoms with E-state index in [1.54, 1.807) is 9.80 Å². The molecule has 3 rings (SSSR count). The van der Waals surface area contributed by atoms with Crippen LogP contribution in [0.1, 0.15) is 18.9 Å². The maximum absolute atomic E-state index is 13.1. The molecule has 6 heteroatoms. The fourth-order valence-corrected chi connectivity index (χ4v) is 3.68. The van der Waals surface area contributed by atoms with Gasteiger partial charge in [-0.3, -0.25) is 9.59 Å². The van der Waals surface area contributed by atoms with Crippen molar-refractivity contribution in [3.05, 3.63) is 60.2 Å². The molecule has 1 aliphatic rings. The lowest BCUT2D eigenvalue weighted by Gasteiger charge is -2.25. The third-order valence-corrected chi connectivity index (χ3v) is 5.12. The lowest BCUT2D eigenvalue weighted by Crippen LogP contribution is -2.40. The SMILES string of the molecule is CCOc1ccccc1N1CC(C(=O)N(CCO)CCc2ccccc2)CC1=O. The Morgan fingerprint density at radius 3 is 2.59 bits per heavy atom. The number of benzene rings is 2. The maximum atomic E-state index is 13.1. The predicted octanol–water partition coefficient (Wildman–Crippen LogP) is 2.50. The molecule has 0 aromatic heterocycles. The van der Waals surface area contributed by atoms with Crippen LogP contribution in [0.4, 0.5) is 5.69 Å². The molecule has 154 valence electrons. The molecule has 0 spiro atoms. The Hall–Kier alpha value is -2.86. The van der Waals surface area contributed by atoms with E-state index in [0.29, 0.717) is 37.6 Å². The van der Waals surface area contributed by atoms with Crippen LogP contribution in [-0.4, -0.2) is 54.7 Å². The Balaban J connectivity index is 1.69. The number of amides is 2. The average Bonchev–Trinajstić information content (AvgIpc) is 3.13. The summed E-state index contributed by atoms with van der Waals surface area (Å²) in [4.78, 5) is 29.1. The van der Waals surface area contributed by atoms with Gasteiger partial charge >= 0.3 is 0 Å². The zero-order chi connectivity index (χ0) is 20.6. The molecule has 0 radical (unpaired) electrons. The van der Waals surface area contributed by atoms with Gasteiger partial charge in [0.1, 0.15) is 5.75 Å². The quantitative estimate of drug-likeness (QED) is 0.707. The molecule has 1 aliphatic heterocycles. The standard InChI is InChI=1S/C23H28N2O4/c1-2-29-21-11-7-6-10-20(21)25-17-19(16-22(25)27)23(28)24(14-15-26)13-12-18-8-4-3-5-9-18/h3-11,19,26H,2,12-17H2,1H3. The fourth-order valence-electron chi connectivity index (χ4n) is 3.68. The molecular weight excluding hydrogens is 368 g/mol. The highest BCUT2D eigenvalue weighted by Crippen LogP contribution is 2.33. The summed E-state index contributed by atoms with van der Waals surface area (Å²) < 4.78 is 5.64. The minimum Gasteiger partial charge on any atom is -0.492 e. The number of aliphatic hydroxyl groups is 1. The minimum atomic E-state index is -0.417. The van der Waals surface area contributed by atoms with Crippen molar-refractivity contribution < 1.29 is 19.4 Å². The number of ether oxygens (including phenoxy) is 1. The first-order chi connectivity index (χ1) is 14.1. The minimum absolute atomic E-state index is 0.0810. The predicted molar refractivity (Wildman–Crippen MR) is 112 cm³/mol. The lowest BCUT2D eigenvalue weighted by atomic mass is 10.1. The maximum Gasteiger partial charge on any atom is 0.228 e. The fraction of sp³-hybridized carbons (Fsp3) is 0.391. The monoisotopic (exact) mass is 396 g/mol. The molecule has 2 aromatic rings. The highest BCUT2D eigenvalue weighted by molar-refractivity contribution is 6.01. The summed E-state index contributed by atoms with van der Waals surface area (Å²) in [7, 11) is 0. The lowest BCUT2D eigenvalue weighted by molar-refractivity contribution is -0.136. The number of hydrogen-bond donors (Lipinski definition) is 1. The van der Waals surface area contributed by atoms with Crippen molar-refractivity contribution in [2.45, 2.75) is 19.8 Å². The molecule has 1 atom stereocenters. The number of aliphatic hydroxyl groups excluding tert-OH is 1. The van der Waals surface area contributed by atoms with Gasteiger partial charge < -0.3 is 19.6 Å². The molecular formula is C23H28N2O4. The van der Waals surface area contributed by atoms with Gasteiger partial charge in [0.25, 0.3) is 0 Å². The van der Waals surface area contributed by atoms with Crippen LogP contribution in [0.25, 0.3) is 0 Å². The number of hydrogen-bond acceptors (Lipinski definition) is 4. The Morgan fingerprint density at radius 1 is 1.14 bits per heavy atom. The van der Waals surface area contributed by atoms with E-state index < -0.39 is 5.92 Å². The second kappa shape index (κ2) is 10.1. The molecule has 1 N–H and O–H groups in total. The number of para-hydroxylation sites is 2. The number of anilines is 1. The molecule has 1 heterocycles. The zero-order valence-electron chi connectivity index (χ0n) is 16.8. The van der Waals surface area contributed by atoms with Crippen molar-refractivity contribution in [2.24, 2.45) is 5.92 Å². The van der Waals surface area contributed by atoms with E-state index in [1.165, 1.54) is 0 Å². The normalized spacial score (nSPS) is 16.1. The third-order valence-electron chi connectivity index (χ3n) is 5.12. The molecule has 2 aromatic carbocycles. The van der Waals surface area contributed by atoms with Gasteiger partial charge in [-0.05, 0) is 31.0 Å². The number of carbonyl (C=O) groups excluding carboxylic acids is 2. The van der Waals surface area contributed by atoms with Gasteiger partial charge in [0, 0.05) is 26.1 Å². The van der Waals surface area contributed by atoms with Crippen LogP contribution in [0.3, 0.4) is 0 Å². The zero-order valence-corrected chi connectivity index (χ0v) is 16.8. The summed E-state index contributed by atoms with van der Waals surface area (Å²) >= 11 is 0. The Labute approximate surface area is 171 Å². The summed E-state index contributed by atoms with van der Waals surface area (Å²) in [5, 5.41) is 9.42. The summed E-state index contributed by atoms with van der Waals surface area (Å²) in [5.74, 6) is 0.0643. The topological polar surface area (TPSA) is 70.1 Å². The number of carbonyl (C=O) groups is 2. The molecule has 2 amide bonds. The van der Waals surface area contributed by atoms with Crippen molar-refractivity contribution in [3.8, 4) is 5.75 Å². The van der Waals surface area contributed by atoms with Gasteiger partial charge in [-0.25, -0.2) is 0 Å². The molecule has 6 nitrogen and oxygen atoms in total. The van der Waals surface area contributed by atoms with Gasteiger partial charge in [-0.2, -0.15) is 0 Å². The second-order valence-corrected chi connectivity index (χ2v) is 7.09. The first-order valence-electron chi connectivity index (χ1n) is 10.1. The van der Waals surface area contributed by atoms with Crippen molar-refractivity contribution in [1.82, 2.24) is 4.90 Å². The second-order valence-electron chi connectivity index (χ2n) is 7.09. The Bertz CT molecular complexity index is 825. The van der Waals surface area contributed by atoms with Crippen molar-refractivity contribution >= 4 is 17.5 Å². The van der Waals surface area contributed by atoms with Crippen LogP contribution in [-0.2, 0) is 16.0 Å². The van der Waals surface area contributed by atoms with Gasteiger partial charge in [0.2, 0.25) is 11.8 Å². The smallest absolute Gasteiger partial charge is 0.228 e. The van der Waals surface area contributed by atoms with Crippen LogP contribution in [0.5, 0.6) is 5.75 Å². The number of nitrogens with zero attached hydrogens (tertiary/aromatic N) is 2. The van der Waals surface area contributed by atoms with E-state index in [1.807, 2.05) is 61.5 Å². The summed E-state index contributed by atoms with van der Waals surface area (Å²) in [6, 6.07) is 17.3. The van der Waals surface area contributed by atoms with E-state index >= 15 is 0 Å². The van der Waals surface area contributed by atoms with Crippen LogP contribution < -0.4 is 9.64 Å². The Kier molecular flexibility index (Phi) is 7.25. The summed E-state index contributed by atoms with van der Waals surface area (Å²) in [5.41, 5.74) is 1.84. The van der Waals surface area contributed by atoms with Gasteiger partial charge in [-0.1, -0.05) is 42.5 Å². The van der Waals surface area contributed by atoms with Crippen molar-refractivity contribution in [1.29, 1.82) is 0 Å². The van der Waals surface area contributed by atoms with Crippen molar-refractivity contribution in [3.63, 3.8) is 0 Å². The largest absolute Gasteiger partial charge is 0.492 e. The van der Waals surface area contributed by atoms with E-state index in [0.717, 1.165) is 5.56 Å². The Morgan fingerprint density at radius 2 is 1.86 bits per heavy atom. The summed E-state index contributed by atoms with van der Waals surface area (Å²) in [6.07, 6.45) is 0.886. The average molecular weight is 396 g/mol. The van der Waals surface area contributed by atoms with Crippen LogP contribution in [0.2, 0.25) is 0 Å². The van der Waals surface area contributed by atoms with E-state index in [2.05, 4.69) is 0 Å². The van der Waals surface area contributed by atoms with Crippen molar-refractivity contribution in [2.75, 3.05) is 37.7 Å². The highest BCUT2D eigenvalue weighted by atomic mass is 16.5. The van der Waals surface area contributed by atoms with Gasteiger partial charge in [0.15, 0.2) is 0 Å². The molecule has 0 aliphatic carbocycles. The van der Waals surface area contributed by atoms with E-state index in [4.69, 9.17) is 4.74 Å². The first-order valence-corrected chi connectivity index (χ1v) is 10.1. The summed E-state index contributed by atoms with van der Waals surface area (Å²) in [6.45, 7) is 3.42. The molecule has 1 fully saturated rings. The van der Waals surface area contributed by atoms with Crippen LogP contribution >= 0.6 is 0 Å². The molecule has 29 heavy (non-hydrogen) atoms. The van der Waals surface area contributed by atoms with Gasteiger partial charge in [-0.15, -0.1) is 0 Å². The molecule has 1 unspecified atom stereocenters.